The van der Waals surface area contributed by atoms with E-state index in [2.05, 4.69) is 19.9 Å². The Morgan fingerprint density at radius 2 is 2.16 bits per heavy atom. The fraction of sp³-hybridized carbons (Fsp3) is 0.214. The van der Waals surface area contributed by atoms with Crippen molar-refractivity contribution in [1.82, 2.24) is 19.9 Å². The maximum absolute atomic E-state index is 5.68. The molecule has 2 aromatic heterocycles. The second-order valence-electron chi connectivity index (χ2n) is 4.54. The van der Waals surface area contributed by atoms with Gasteiger partial charge in [0, 0.05) is 5.56 Å². The topological polar surface area (TPSA) is 63.7 Å². The first-order valence-electron chi connectivity index (χ1n) is 6.15. The SMILES string of the molecule is CC(C)Oc1cccc(-c2nc3ncncc3[nH]2)c1. The number of nitrogens with zero attached hydrogens (tertiary/aromatic N) is 3. The lowest BCUT2D eigenvalue weighted by atomic mass is 10.2. The van der Waals surface area contributed by atoms with Crippen LogP contribution < -0.4 is 4.74 Å². The highest BCUT2D eigenvalue weighted by atomic mass is 16.5. The molecule has 1 N–H and O–H groups in total. The fourth-order valence-corrected chi connectivity index (χ4v) is 1.89. The predicted octanol–water partition coefficient (Wildman–Crippen LogP) is 2.81. The summed E-state index contributed by atoms with van der Waals surface area (Å²) in [6.45, 7) is 4.01. The zero-order chi connectivity index (χ0) is 13.2. The minimum Gasteiger partial charge on any atom is -0.491 e. The smallest absolute Gasteiger partial charge is 0.181 e. The lowest BCUT2D eigenvalue weighted by Gasteiger charge is -2.09. The highest BCUT2D eigenvalue weighted by Gasteiger charge is 2.07. The zero-order valence-corrected chi connectivity index (χ0v) is 10.8. The van der Waals surface area contributed by atoms with Gasteiger partial charge in [-0.15, -0.1) is 0 Å². The van der Waals surface area contributed by atoms with E-state index in [9.17, 15) is 0 Å². The average molecular weight is 254 g/mol. The van der Waals surface area contributed by atoms with Crippen molar-refractivity contribution in [3.05, 3.63) is 36.8 Å². The molecule has 5 nitrogen and oxygen atoms in total. The maximum atomic E-state index is 5.68. The number of nitrogens with one attached hydrogen (secondary N) is 1. The van der Waals surface area contributed by atoms with E-state index in [4.69, 9.17) is 4.74 Å². The van der Waals surface area contributed by atoms with Crippen LogP contribution in [0.1, 0.15) is 13.8 Å². The van der Waals surface area contributed by atoms with Crippen molar-refractivity contribution in [3.63, 3.8) is 0 Å². The Morgan fingerprint density at radius 1 is 1.26 bits per heavy atom. The number of rotatable bonds is 3. The van der Waals surface area contributed by atoms with Crippen LogP contribution >= 0.6 is 0 Å². The Balaban J connectivity index is 2.01. The molecule has 1 aromatic carbocycles. The Labute approximate surface area is 110 Å². The van der Waals surface area contributed by atoms with Gasteiger partial charge in [0.05, 0.1) is 12.3 Å². The van der Waals surface area contributed by atoms with Gasteiger partial charge in [-0.3, -0.25) is 0 Å². The molecule has 19 heavy (non-hydrogen) atoms. The van der Waals surface area contributed by atoms with Crippen LogP contribution in [-0.2, 0) is 0 Å². The van der Waals surface area contributed by atoms with Crippen molar-refractivity contribution in [3.8, 4) is 17.1 Å². The lowest BCUT2D eigenvalue weighted by Crippen LogP contribution is -2.05. The summed E-state index contributed by atoms with van der Waals surface area (Å²) in [5, 5.41) is 0. The third-order valence-corrected chi connectivity index (χ3v) is 2.64. The molecule has 0 atom stereocenters. The molecule has 3 rings (SSSR count). The number of hydrogen-bond acceptors (Lipinski definition) is 4. The van der Waals surface area contributed by atoms with Gasteiger partial charge in [0.1, 0.15) is 23.4 Å². The lowest BCUT2D eigenvalue weighted by molar-refractivity contribution is 0.242. The first-order valence-corrected chi connectivity index (χ1v) is 6.15. The highest BCUT2D eigenvalue weighted by molar-refractivity contribution is 5.75. The van der Waals surface area contributed by atoms with Gasteiger partial charge in [0.25, 0.3) is 0 Å². The van der Waals surface area contributed by atoms with Crippen LogP contribution in [0.25, 0.3) is 22.6 Å². The molecule has 96 valence electrons. The second-order valence-corrected chi connectivity index (χ2v) is 4.54. The van der Waals surface area contributed by atoms with Gasteiger partial charge in [-0.1, -0.05) is 12.1 Å². The average Bonchev–Trinajstić information content (AvgIpc) is 2.82. The van der Waals surface area contributed by atoms with Gasteiger partial charge in [-0.25, -0.2) is 15.0 Å². The van der Waals surface area contributed by atoms with Crippen LogP contribution in [-0.4, -0.2) is 26.0 Å². The standard InChI is InChI=1S/C14H14N4O/c1-9(2)19-11-5-3-4-10(6-11)13-17-12-7-15-8-16-14(12)18-13/h3-9H,1-2H3,(H,15,16,17,18). The first kappa shape index (κ1) is 11.6. The number of aromatic amines is 1. The van der Waals surface area contributed by atoms with Crippen LogP contribution in [0.4, 0.5) is 0 Å². The molecule has 0 aliphatic carbocycles. The van der Waals surface area contributed by atoms with Crippen molar-refractivity contribution < 1.29 is 4.74 Å². The Bertz CT molecular complexity index is 672. The molecule has 0 spiro atoms. The van der Waals surface area contributed by atoms with Gasteiger partial charge in [0.15, 0.2) is 5.65 Å². The Kier molecular flexibility index (Phi) is 2.87. The summed E-state index contributed by atoms with van der Waals surface area (Å²) in [5.74, 6) is 1.60. The number of benzene rings is 1. The zero-order valence-electron chi connectivity index (χ0n) is 10.8. The quantitative estimate of drug-likeness (QED) is 0.780. The van der Waals surface area contributed by atoms with E-state index in [1.54, 1.807) is 6.20 Å². The molecule has 0 bridgehead atoms. The van der Waals surface area contributed by atoms with E-state index in [0.29, 0.717) is 5.65 Å². The van der Waals surface area contributed by atoms with Gasteiger partial charge >= 0.3 is 0 Å². The highest BCUT2D eigenvalue weighted by Crippen LogP contribution is 2.23. The van der Waals surface area contributed by atoms with Crippen LogP contribution in [0.5, 0.6) is 5.75 Å². The molecule has 2 heterocycles. The van der Waals surface area contributed by atoms with Crippen molar-refractivity contribution in [2.24, 2.45) is 0 Å². The maximum Gasteiger partial charge on any atom is 0.181 e. The fourth-order valence-electron chi connectivity index (χ4n) is 1.89. The van der Waals surface area contributed by atoms with Gasteiger partial charge in [0.2, 0.25) is 0 Å². The van der Waals surface area contributed by atoms with Crippen LogP contribution in [0.2, 0.25) is 0 Å². The third-order valence-electron chi connectivity index (χ3n) is 2.64. The largest absolute Gasteiger partial charge is 0.491 e. The summed E-state index contributed by atoms with van der Waals surface area (Å²) in [7, 11) is 0. The summed E-state index contributed by atoms with van der Waals surface area (Å²) < 4.78 is 5.68. The number of hydrogen-bond donors (Lipinski definition) is 1. The summed E-state index contributed by atoms with van der Waals surface area (Å²) in [6, 6.07) is 7.83. The molecule has 0 amide bonds. The summed E-state index contributed by atoms with van der Waals surface area (Å²) in [6.07, 6.45) is 3.36. The normalized spacial score (nSPS) is 11.1. The Hall–Kier alpha value is -2.43. The molecule has 3 aromatic rings. The van der Waals surface area contributed by atoms with E-state index in [-0.39, 0.29) is 6.10 Å². The van der Waals surface area contributed by atoms with Crippen molar-refractivity contribution in [1.29, 1.82) is 0 Å². The van der Waals surface area contributed by atoms with Gasteiger partial charge in [-0.05, 0) is 26.0 Å². The molecular weight excluding hydrogens is 240 g/mol. The van der Waals surface area contributed by atoms with E-state index in [0.717, 1.165) is 22.7 Å². The number of ether oxygens (including phenoxy) is 1. The van der Waals surface area contributed by atoms with Crippen molar-refractivity contribution in [2.75, 3.05) is 0 Å². The molecule has 5 heteroatoms. The minimum absolute atomic E-state index is 0.150. The number of aromatic nitrogens is 4. The molecule has 0 fully saturated rings. The molecule has 0 unspecified atom stereocenters. The van der Waals surface area contributed by atoms with E-state index >= 15 is 0 Å². The summed E-state index contributed by atoms with van der Waals surface area (Å²) in [4.78, 5) is 15.7. The molecule has 0 aliphatic rings. The summed E-state index contributed by atoms with van der Waals surface area (Å²) >= 11 is 0. The molecule has 0 radical (unpaired) electrons. The van der Waals surface area contributed by atoms with E-state index in [1.807, 2.05) is 38.1 Å². The molecule has 0 aliphatic heterocycles. The molecular formula is C14H14N4O. The number of H-pyrrole nitrogens is 1. The first-order chi connectivity index (χ1) is 9.22. The Morgan fingerprint density at radius 3 is 2.95 bits per heavy atom. The minimum atomic E-state index is 0.150. The number of imidazole rings is 1. The summed E-state index contributed by atoms with van der Waals surface area (Å²) in [5.41, 5.74) is 2.46. The van der Waals surface area contributed by atoms with Crippen LogP contribution in [0.3, 0.4) is 0 Å². The monoisotopic (exact) mass is 254 g/mol. The third kappa shape index (κ3) is 2.40. The van der Waals surface area contributed by atoms with Crippen molar-refractivity contribution in [2.45, 2.75) is 20.0 Å². The van der Waals surface area contributed by atoms with Gasteiger partial charge < -0.3 is 9.72 Å². The number of fused-ring (bicyclic) bond motifs is 1. The van der Waals surface area contributed by atoms with E-state index in [1.165, 1.54) is 6.33 Å². The molecule has 0 saturated carbocycles. The molecule has 0 saturated heterocycles. The van der Waals surface area contributed by atoms with Crippen LogP contribution in [0.15, 0.2) is 36.8 Å². The predicted molar refractivity (Wildman–Crippen MR) is 72.9 cm³/mol. The second kappa shape index (κ2) is 4.68. The van der Waals surface area contributed by atoms with Crippen molar-refractivity contribution >= 4 is 11.2 Å². The van der Waals surface area contributed by atoms with Crippen LogP contribution in [0, 0.1) is 0 Å². The van der Waals surface area contributed by atoms with Gasteiger partial charge in [-0.2, -0.15) is 0 Å². The van der Waals surface area contributed by atoms with E-state index < -0.39 is 0 Å².